The molecule has 3 rings (SSSR count). The van der Waals surface area contributed by atoms with Gasteiger partial charge in [0.2, 0.25) is 0 Å². The topological polar surface area (TPSA) is 44.1 Å². The van der Waals surface area contributed by atoms with Gasteiger partial charge in [0, 0.05) is 0 Å². The Kier molecular flexibility index (Phi) is 4.11. The van der Waals surface area contributed by atoms with Crippen molar-refractivity contribution in [1.29, 1.82) is 0 Å². The van der Waals surface area contributed by atoms with E-state index in [2.05, 4.69) is 4.98 Å². The number of benzene rings is 2. The Balaban J connectivity index is 2.20. The first kappa shape index (κ1) is 14.6. The first-order valence-electron chi connectivity index (χ1n) is 7.04. The van der Waals surface area contributed by atoms with Crippen molar-refractivity contribution >= 4 is 22.5 Å². The normalized spacial score (nSPS) is 10.8. The van der Waals surface area contributed by atoms with Crippen LogP contribution >= 0.6 is 11.6 Å². The smallest absolute Gasteiger partial charge is 0.266 e. The molecule has 112 valence electrons. The van der Waals surface area contributed by atoms with Crippen LogP contribution in [0.3, 0.4) is 0 Å². The van der Waals surface area contributed by atoms with Crippen molar-refractivity contribution < 1.29 is 4.74 Å². The molecule has 0 amide bonds. The number of nitrogens with zero attached hydrogens (tertiary/aromatic N) is 2. The molecule has 5 heteroatoms. The summed E-state index contributed by atoms with van der Waals surface area (Å²) in [5.41, 5.74) is 1.26. The van der Waals surface area contributed by atoms with Gasteiger partial charge in [-0.25, -0.2) is 4.98 Å². The van der Waals surface area contributed by atoms with Crippen molar-refractivity contribution in [2.45, 2.75) is 12.8 Å². The maximum absolute atomic E-state index is 12.8. The van der Waals surface area contributed by atoms with E-state index in [9.17, 15) is 4.79 Å². The highest BCUT2D eigenvalue weighted by molar-refractivity contribution is 6.16. The summed E-state index contributed by atoms with van der Waals surface area (Å²) >= 11 is 5.99. The Bertz CT molecular complexity index is 857. The van der Waals surface area contributed by atoms with E-state index in [1.807, 2.05) is 49.4 Å². The van der Waals surface area contributed by atoms with Crippen LogP contribution in [0.1, 0.15) is 12.7 Å². The van der Waals surface area contributed by atoms with Gasteiger partial charge in [0.05, 0.1) is 29.1 Å². The van der Waals surface area contributed by atoms with E-state index in [1.165, 1.54) is 0 Å². The van der Waals surface area contributed by atoms with Crippen molar-refractivity contribution in [3.8, 4) is 11.4 Å². The maximum atomic E-state index is 12.8. The average molecular weight is 315 g/mol. The van der Waals surface area contributed by atoms with Crippen LogP contribution in [0.4, 0.5) is 0 Å². The van der Waals surface area contributed by atoms with Gasteiger partial charge in [-0.15, -0.1) is 11.6 Å². The van der Waals surface area contributed by atoms with E-state index in [4.69, 9.17) is 16.3 Å². The van der Waals surface area contributed by atoms with Crippen LogP contribution in [0.15, 0.2) is 53.3 Å². The average Bonchev–Trinajstić information content (AvgIpc) is 2.56. The SMILES string of the molecule is CCOc1ccc(-n2c(CCl)nc3ccccc3c2=O)cc1. The third-order valence-corrected chi connectivity index (χ3v) is 3.61. The Morgan fingerprint density at radius 3 is 2.55 bits per heavy atom. The number of hydrogen-bond donors (Lipinski definition) is 0. The van der Waals surface area contributed by atoms with Crippen molar-refractivity contribution in [3.05, 3.63) is 64.7 Å². The van der Waals surface area contributed by atoms with Gasteiger partial charge >= 0.3 is 0 Å². The van der Waals surface area contributed by atoms with E-state index in [1.54, 1.807) is 10.6 Å². The lowest BCUT2D eigenvalue weighted by Crippen LogP contribution is -2.23. The van der Waals surface area contributed by atoms with Crippen LogP contribution in [-0.4, -0.2) is 16.2 Å². The first-order valence-corrected chi connectivity index (χ1v) is 7.58. The van der Waals surface area contributed by atoms with Crippen LogP contribution in [0.5, 0.6) is 5.75 Å². The fourth-order valence-electron chi connectivity index (χ4n) is 2.39. The third-order valence-electron chi connectivity index (χ3n) is 3.37. The molecule has 1 heterocycles. The van der Waals surface area contributed by atoms with Crippen LogP contribution < -0.4 is 10.3 Å². The van der Waals surface area contributed by atoms with Gasteiger partial charge < -0.3 is 4.74 Å². The molecule has 22 heavy (non-hydrogen) atoms. The van der Waals surface area contributed by atoms with Crippen LogP contribution in [0, 0.1) is 0 Å². The van der Waals surface area contributed by atoms with Gasteiger partial charge in [0.25, 0.3) is 5.56 Å². The lowest BCUT2D eigenvalue weighted by molar-refractivity contribution is 0.340. The number of aromatic nitrogens is 2. The summed E-state index contributed by atoms with van der Waals surface area (Å²) in [4.78, 5) is 17.2. The van der Waals surface area contributed by atoms with Crippen LogP contribution in [0.2, 0.25) is 0 Å². The Labute approximate surface area is 132 Å². The van der Waals surface area contributed by atoms with Crippen molar-refractivity contribution in [2.24, 2.45) is 0 Å². The first-order chi connectivity index (χ1) is 10.7. The summed E-state index contributed by atoms with van der Waals surface area (Å²) in [6.45, 7) is 2.53. The lowest BCUT2D eigenvalue weighted by Gasteiger charge is -2.12. The standard InChI is InChI=1S/C17H15ClN2O2/c1-2-22-13-9-7-12(8-10-13)20-16(11-18)19-15-6-4-3-5-14(15)17(20)21/h3-10H,2,11H2,1H3. The molecule has 0 atom stereocenters. The predicted octanol–water partition coefficient (Wildman–Crippen LogP) is 3.52. The van der Waals surface area contributed by atoms with Gasteiger partial charge in [-0.1, -0.05) is 12.1 Å². The van der Waals surface area contributed by atoms with Crippen molar-refractivity contribution in [3.63, 3.8) is 0 Å². The summed E-state index contributed by atoms with van der Waals surface area (Å²) in [7, 11) is 0. The molecular weight excluding hydrogens is 300 g/mol. The molecule has 0 saturated heterocycles. The highest BCUT2D eigenvalue weighted by atomic mass is 35.5. The summed E-state index contributed by atoms with van der Waals surface area (Å²) < 4.78 is 6.97. The molecule has 0 spiro atoms. The van der Waals surface area contributed by atoms with Crippen LogP contribution in [0.25, 0.3) is 16.6 Å². The molecule has 0 radical (unpaired) electrons. The maximum Gasteiger partial charge on any atom is 0.266 e. The van der Waals surface area contributed by atoms with Gasteiger partial charge in [-0.05, 0) is 43.3 Å². The molecule has 0 N–H and O–H groups in total. The molecule has 0 aliphatic rings. The quantitative estimate of drug-likeness (QED) is 0.692. The number of halogens is 1. The minimum absolute atomic E-state index is 0.120. The molecule has 4 nitrogen and oxygen atoms in total. The molecule has 3 aromatic rings. The van der Waals surface area contributed by atoms with Gasteiger partial charge in [0.15, 0.2) is 0 Å². The molecule has 1 aromatic heterocycles. The number of rotatable bonds is 4. The monoisotopic (exact) mass is 314 g/mol. The Morgan fingerprint density at radius 1 is 1.14 bits per heavy atom. The summed E-state index contributed by atoms with van der Waals surface area (Å²) in [5.74, 6) is 1.45. The highest BCUT2D eigenvalue weighted by Crippen LogP contribution is 2.17. The molecule has 0 aliphatic carbocycles. The van der Waals surface area contributed by atoms with Gasteiger partial charge in [0.1, 0.15) is 11.6 Å². The summed E-state index contributed by atoms with van der Waals surface area (Å²) in [6, 6.07) is 14.6. The molecule has 0 aliphatic heterocycles. The summed E-state index contributed by atoms with van der Waals surface area (Å²) in [5, 5.41) is 0.574. The zero-order valence-electron chi connectivity index (χ0n) is 12.1. The Hall–Kier alpha value is -2.33. The van der Waals surface area contributed by atoms with E-state index in [0.717, 1.165) is 11.4 Å². The Morgan fingerprint density at radius 2 is 1.86 bits per heavy atom. The second-order valence-electron chi connectivity index (χ2n) is 4.75. The fraction of sp³-hybridized carbons (Fsp3) is 0.176. The van der Waals surface area contributed by atoms with E-state index in [-0.39, 0.29) is 11.4 Å². The minimum Gasteiger partial charge on any atom is -0.494 e. The summed E-state index contributed by atoms with van der Waals surface area (Å²) in [6.07, 6.45) is 0. The minimum atomic E-state index is -0.120. The zero-order valence-corrected chi connectivity index (χ0v) is 12.9. The molecule has 0 fully saturated rings. The zero-order chi connectivity index (χ0) is 15.5. The third kappa shape index (κ3) is 2.57. The number of alkyl halides is 1. The van der Waals surface area contributed by atoms with E-state index < -0.39 is 0 Å². The molecule has 0 bridgehead atoms. The van der Waals surface area contributed by atoms with Crippen molar-refractivity contribution in [1.82, 2.24) is 9.55 Å². The van der Waals surface area contributed by atoms with Gasteiger partial charge in [-0.3, -0.25) is 9.36 Å². The second-order valence-corrected chi connectivity index (χ2v) is 5.01. The number of para-hydroxylation sites is 1. The molecule has 0 saturated carbocycles. The van der Waals surface area contributed by atoms with Gasteiger partial charge in [-0.2, -0.15) is 0 Å². The molecular formula is C17H15ClN2O2. The predicted molar refractivity (Wildman–Crippen MR) is 88.1 cm³/mol. The largest absolute Gasteiger partial charge is 0.494 e. The number of hydrogen-bond acceptors (Lipinski definition) is 3. The second kappa shape index (κ2) is 6.20. The number of ether oxygens (including phenoxy) is 1. The van der Waals surface area contributed by atoms with E-state index in [0.29, 0.717) is 23.3 Å². The fourth-order valence-corrected chi connectivity index (χ4v) is 2.57. The van der Waals surface area contributed by atoms with Crippen molar-refractivity contribution in [2.75, 3.05) is 6.61 Å². The number of fused-ring (bicyclic) bond motifs is 1. The molecule has 0 unspecified atom stereocenters. The lowest BCUT2D eigenvalue weighted by atomic mass is 10.2. The van der Waals surface area contributed by atoms with Crippen LogP contribution in [-0.2, 0) is 5.88 Å². The highest BCUT2D eigenvalue weighted by Gasteiger charge is 2.11. The van der Waals surface area contributed by atoms with E-state index >= 15 is 0 Å². The molecule has 2 aromatic carbocycles.